The highest BCUT2D eigenvalue weighted by Crippen LogP contribution is 2.29. The fourth-order valence-corrected chi connectivity index (χ4v) is 1.45. The Balaban J connectivity index is 2.97. The lowest BCUT2D eigenvalue weighted by Gasteiger charge is -2.31. The van der Waals surface area contributed by atoms with Crippen molar-refractivity contribution >= 4 is 0 Å². The van der Waals surface area contributed by atoms with Gasteiger partial charge >= 0.3 is 0 Å². The Morgan fingerprint density at radius 2 is 1.88 bits per heavy atom. The fourth-order valence-electron chi connectivity index (χ4n) is 1.45. The van der Waals surface area contributed by atoms with Crippen LogP contribution in [0.4, 0.5) is 4.39 Å². The molecule has 4 N–H and O–H groups in total. The molecule has 0 heterocycles. The zero-order chi connectivity index (χ0) is 12.5. The molecule has 1 aromatic rings. The van der Waals surface area contributed by atoms with Gasteiger partial charge in [-0.3, -0.25) is 0 Å². The first-order valence-corrected chi connectivity index (χ1v) is 5.15. The summed E-state index contributed by atoms with van der Waals surface area (Å²) in [7, 11) is 0. The second-order valence-electron chi connectivity index (χ2n) is 5.05. The predicted octanol–water partition coefficient (Wildman–Crippen LogP) is 1.94. The monoisotopic (exact) mass is 227 g/mol. The first kappa shape index (κ1) is 12.9. The van der Waals surface area contributed by atoms with Crippen LogP contribution in [-0.2, 0) is 0 Å². The van der Waals surface area contributed by atoms with Crippen LogP contribution in [0.3, 0.4) is 0 Å². The van der Waals surface area contributed by atoms with E-state index >= 15 is 0 Å². The molecule has 0 aliphatic heterocycles. The van der Waals surface area contributed by atoms with Crippen LogP contribution < -0.4 is 5.73 Å². The van der Waals surface area contributed by atoms with Crippen LogP contribution in [0.5, 0.6) is 5.75 Å². The van der Waals surface area contributed by atoms with Crippen LogP contribution in [0.25, 0.3) is 0 Å². The number of aliphatic hydroxyl groups excluding tert-OH is 1. The SMILES string of the molecule is CC(C)(C)[C@H](O)[C@H](N)c1ccc(O)c(F)c1. The van der Waals surface area contributed by atoms with Gasteiger partial charge in [-0.1, -0.05) is 26.8 Å². The van der Waals surface area contributed by atoms with Gasteiger partial charge in [0.1, 0.15) is 0 Å². The van der Waals surface area contributed by atoms with Gasteiger partial charge in [-0.2, -0.15) is 0 Å². The predicted molar refractivity (Wildman–Crippen MR) is 60.5 cm³/mol. The van der Waals surface area contributed by atoms with E-state index in [9.17, 15) is 9.50 Å². The maximum atomic E-state index is 13.1. The van der Waals surface area contributed by atoms with Crippen molar-refractivity contribution in [2.24, 2.45) is 11.1 Å². The van der Waals surface area contributed by atoms with E-state index in [0.717, 1.165) is 6.07 Å². The number of hydrogen-bond donors (Lipinski definition) is 3. The molecular weight excluding hydrogens is 209 g/mol. The highest BCUT2D eigenvalue weighted by Gasteiger charge is 2.29. The average Bonchev–Trinajstić information content (AvgIpc) is 2.18. The molecular formula is C12H18FNO2. The number of halogens is 1. The minimum Gasteiger partial charge on any atom is -0.505 e. The quantitative estimate of drug-likeness (QED) is 0.723. The molecule has 0 spiro atoms. The van der Waals surface area contributed by atoms with E-state index in [1.807, 2.05) is 20.8 Å². The van der Waals surface area contributed by atoms with Crippen molar-refractivity contribution in [3.8, 4) is 5.75 Å². The topological polar surface area (TPSA) is 66.5 Å². The van der Waals surface area contributed by atoms with E-state index in [0.29, 0.717) is 5.56 Å². The van der Waals surface area contributed by atoms with Gasteiger partial charge in [-0.05, 0) is 23.1 Å². The van der Waals surface area contributed by atoms with Crippen LogP contribution in [0.1, 0.15) is 32.4 Å². The summed E-state index contributed by atoms with van der Waals surface area (Å²) in [4.78, 5) is 0. The zero-order valence-electron chi connectivity index (χ0n) is 9.74. The van der Waals surface area contributed by atoms with Crippen molar-refractivity contribution in [3.63, 3.8) is 0 Å². The van der Waals surface area contributed by atoms with Gasteiger partial charge in [0.15, 0.2) is 11.6 Å². The third-order valence-electron chi connectivity index (χ3n) is 2.58. The molecule has 0 aliphatic carbocycles. The normalized spacial score (nSPS) is 15.9. The maximum absolute atomic E-state index is 13.1. The van der Waals surface area contributed by atoms with E-state index in [4.69, 9.17) is 10.8 Å². The smallest absolute Gasteiger partial charge is 0.165 e. The van der Waals surface area contributed by atoms with Gasteiger partial charge in [0.2, 0.25) is 0 Å². The fraction of sp³-hybridized carbons (Fsp3) is 0.500. The minimum absolute atomic E-state index is 0.381. The van der Waals surface area contributed by atoms with Crippen LogP contribution in [0.2, 0.25) is 0 Å². The summed E-state index contributed by atoms with van der Waals surface area (Å²) in [6.45, 7) is 5.57. The first-order chi connectivity index (χ1) is 7.23. The number of hydrogen-bond acceptors (Lipinski definition) is 3. The summed E-state index contributed by atoms with van der Waals surface area (Å²) in [5.41, 5.74) is 5.93. The van der Waals surface area contributed by atoms with E-state index < -0.39 is 23.7 Å². The highest BCUT2D eigenvalue weighted by molar-refractivity contribution is 5.30. The molecule has 2 atom stereocenters. The molecule has 0 bridgehead atoms. The molecule has 90 valence electrons. The number of benzene rings is 1. The molecule has 3 nitrogen and oxygen atoms in total. The number of aromatic hydroxyl groups is 1. The number of nitrogens with two attached hydrogens (primary N) is 1. The molecule has 0 fully saturated rings. The summed E-state index contributed by atoms with van der Waals surface area (Å²) in [6, 6.07) is 3.22. The van der Waals surface area contributed by atoms with Crippen LogP contribution in [-0.4, -0.2) is 16.3 Å². The molecule has 0 saturated carbocycles. The first-order valence-electron chi connectivity index (χ1n) is 5.15. The third-order valence-corrected chi connectivity index (χ3v) is 2.58. The summed E-state index contributed by atoms with van der Waals surface area (Å²) < 4.78 is 13.1. The molecule has 4 heteroatoms. The Morgan fingerprint density at radius 3 is 2.31 bits per heavy atom. The third kappa shape index (κ3) is 2.71. The molecule has 0 saturated heterocycles. The Morgan fingerprint density at radius 1 is 1.31 bits per heavy atom. The van der Waals surface area contributed by atoms with Crippen molar-refractivity contribution in [3.05, 3.63) is 29.6 Å². The Bertz CT molecular complexity index is 374. The highest BCUT2D eigenvalue weighted by atomic mass is 19.1. The minimum atomic E-state index is -0.781. The van der Waals surface area contributed by atoms with E-state index in [1.54, 1.807) is 0 Å². The number of phenolic OH excluding ortho intramolecular Hbond substituents is 1. The summed E-state index contributed by atoms with van der Waals surface area (Å²) >= 11 is 0. The lowest BCUT2D eigenvalue weighted by atomic mass is 9.82. The molecule has 1 aromatic carbocycles. The molecule has 16 heavy (non-hydrogen) atoms. The number of phenols is 1. The van der Waals surface area contributed by atoms with Gasteiger partial charge < -0.3 is 15.9 Å². The average molecular weight is 227 g/mol. The number of aliphatic hydroxyl groups is 1. The van der Waals surface area contributed by atoms with Crippen molar-refractivity contribution in [1.82, 2.24) is 0 Å². The largest absolute Gasteiger partial charge is 0.505 e. The van der Waals surface area contributed by atoms with Gasteiger partial charge in [-0.25, -0.2) is 4.39 Å². The molecule has 0 unspecified atom stereocenters. The van der Waals surface area contributed by atoms with E-state index in [2.05, 4.69) is 0 Å². The van der Waals surface area contributed by atoms with Gasteiger partial charge in [0.05, 0.1) is 12.1 Å². The molecule has 0 aliphatic rings. The van der Waals surface area contributed by atoms with Gasteiger partial charge in [0, 0.05) is 0 Å². The van der Waals surface area contributed by atoms with Crippen molar-refractivity contribution in [1.29, 1.82) is 0 Å². The lowest BCUT2D eigenvalue weighted by Crippen LogP contribution is -2.37. The van der Waals surface area contributed by atoms with Crippen LogP contribution in [0, 0.1) is 11.2 Å². The second-order valence-corrected chi connectivity index (χ2v) is 5.05. The van der Waals surface area contributed by atoms with E-state index in [-0.39, 0.29) is 5.41 Å². The Labute approximate surface area is 94.7 Å². The van der Waals surface area contributed by atoms with Crippen molar-refractivity contribution in [2.45, 2.75) is 32.9 Å². The molecule has 1 rings (SSSR count). The summed E-state index contributed by atoms with van der Waals surface area (Å²) in [6.07, 6.45) is -0.781. The zero-order valence-corrected chi connectivity index (χ0v) is 9.74. The second kappa shape index (κ2) is 4.39. The standard InChI is InChI=1S/C12H18FNO2/c1-12(2,3)11(16)10(14)7-4-5-9(15)8(13)6-7/h4-6,10-11,15-16H,14H2,1-3H3/t10-,11-/m1/s1. The van der Waals surface area contributed by atoms with E-state index in [1.165, 1.54) is 12.1 Å². The van der Waals surface area contributed by atoms with Crippen molar-refractivity contribution < 1.29 is 14.6 Å². The van der Waals surface area contributed by atoms with Crippen molar-refractivity contribution in [2.75, 3.05) is 0 Å². The molecule has 0 radical (unpaired) electrons. The molecule has 0 amide bonds. The van der Waals surface area contributed by atoms with Crippen LogP contribution >= 0.6 is 0 Å². The van der Waals surface area contributed by atoms with Gasteiger partial charge in [0.25, 0.3) is 0 Å². The molecule has 0 aromatic heterocycles. The lowest BCUT2D eigenvalue weighted by molar-refractivity contribution is 0.0400. The Kier molecular flexibility index (Phi) is 3.55. The maximum Gasteiger partial charge on any atom is 0.165 e. The number of rotatable bonds is 2. The van der Waals surface area contributed by atoms with Crippen LogP contribution in [0.15, 0.2) is 18.2 Å². The summed E-state index contributed by atoms with van der Waals surface area (Å²) in [5, 5.41) is 19.0. The summed E-state index contributed by atoms with van der Waals surface area (Å²) in [5.74, 6) is -1.14. The Hall–Kier alpha value is -1.13. The van der Waals surface area contributed by atoms with Gasteiger partial charge in [-0.15, -0.1) is 0 Å².